The van der Waals surface area contributed by atoms with Crippen LogP contribution in [0.1, 0.15) is 12.8 Å². The number of rotatable bonds is 10. The number of esters is 1. The Labute approximate surface area is 181 Å². The normalized spacial score (nSPS) is 11.1. The van der Waals surface area contributed by atoms with Gasteiger partial charge in [0.25, 0.3) is 0 Å². The molecule has 1 heterocycles. The van der Waals surface area contributed by atoms with Crippen LogP contribution in [0.2, 0.25) is 5.02 Å². The van der Waals surface area contributed by atoms with Gasteiger partial charge in [0.2, 0.25) is 21.1 Å². The lowest BCUT2D eigenvalue weighted by atomic mass is 10.2. The first kappa shape index (κ1) is 23.4. The molecule has 0 bridgehead atoms. The highest BCUT2D eigenvalue weighted by atomic mass is 35.5. The van der Waals surface area contributed by atoms with E-state index in [-0.39, 0.29) is 30.6 Å². The summed E-state index contributed by atoms with van der Waals surface area (Å²) in [6, 6.07) is 6.43. The van der Waals surface area contributed by atoms with Crippen molar-refractivity contribution in [1.29, 1.82) is 0 Å². The first-order chi connectivity index (χ1) is 13.7. The van der Waals surface area contributed by atoms with E-state index in [4.69, 9.17) is 11.6 Å². The minimum Gasteiger partial charge on any atom is -0.468 e. The van der Waals surface area contributed by atoms with Gasteiger partial charge >= 0.3 is 5.97 Å². The molecule has 29 heavy (non-hydrogen) atoms. The van der Waals surface area contributed by atoms with Crippen molar-refractivity contribution in [1.82, 2.24) is 10.2 Å². The number of hydrogen-bond acceptors (Lipinski definition) is 9. The highest BCUT2D eigenvalue weighted by Gasteiger charge is 2.18. The van der Waals surface area contributed by atoms with Crippen LogP contribution >= 0.6 is 34.7 Å². The molecule has 2 aromatic rings. The summed E-state index contributed by atoms with van der Waals surface area (Å²) in [6.07, 6.45) is 1.52. The molecule has 0 aliphatic carbocycles. The second-order valence-corrected chi connectivity index (χ2v) is 10.2. The molecule has 158 valence electrons. The third kappa shape index (κ3) is 7.80. The van der Waals surface area contributed by atoms with Crippen molar-refractivity contribution in [2.75, 3.05) is 35.3 Å². The molecule has 13 heteroatoms. The molecule has 1 aromatic carbocycles. The third-order valence-electron chi connectivity index (χ3n) is 3.47. The Bertz CT molecular complexity index is 950. The zero-order valence-corrected chi connectivity index (χ0v) is 18.8. The topological polar surface area (TPSA) is 119 Å². The predicted molar refractivity (Wildman–Crippen MR) is 114 cm³/mol. The number of carbonyl (C=O) groups excluding carboxylic acids is 2. The van der Waals surface area contributed by atoms with Gasteiger partial charge in [0.15, 0.2) is 4.34 Å². The minimum atomic E-state index is -3.50. The average Bonchev–Trinajstić information content (AvgIpc) is 3.10. The lowest BCUT2D eigenvalue weighted by Gasteiger charge is -2.22. The summed E-state index contributed by atoms with van der Waals surface area (Å²) in [5.74, 6) is -0.590. The van der Waals surface area contributed by atoms with Crippen molar-refractivity contribution < 1.29 is 22.7 Å². The van der Waals surface area contributed by atoms with Crippen LogP contribution in [-0.2, 0) is 24.3 Å². The lowest BCUT2D eigenvalue weighted by molar-refractivity contribution is -0.137. The number of aromatic nitrogens is 2. The van der Waals surface area contributed by atoms with Crippen molar-refractivity contribution >= 4 is 67.4 Å². The number of nitrogens with one attached hydrogen (secondary N) is 1. The number of methoxy groups -OCH3 is 1. The van der Waals surface area contributed by atoms with E-state index in [1.165, 1.54) is 11.4 Å². The molecule has 0 saturated carbocycles. The number of carbonyl (C=O) groups is 2. The molecule has 0 aliphatic rings. The molecule has 0 unspecified atom stereocenters. The van der Waals surface area contributed by atoms with Crippen molar-refractivity contribution in [2.45, 2.75) is 17.2 Å². The van der Waals surface area contributed by atoms with E-state index in [9.17, 15) is 18.0 Å². The summed E-state index contributed by atoms with van der Waals surface area (Å²) < 4.78 is 30.4. The quantitative estimate of drug-likeness (QED) is 0.314. The number of amides is 1. The van der Waals surface area contributed by atoms with Gasteiger partial charge in [-0.15, -0.1) is 10.2 Å². The Balaban J connectivity index is 1.85. The lowest BCUT2D eigenvalue weighted by Crippen LogP contribution is -2.31. The molecule has 1 N–H and O–H groups in total. The second kappa shape index (κ2) is 10.8. The minimum absolute atomic E-state index is 0.101. The number of nitrogens with zero attached hydrogens (tertiary/aromatic N) is 3. The first-order valence-corrected chi connectivity index (χ1v) is 12.3. The van der Waals surface area contributed by atoms with E-state index < -0.39 is 10.0 Å². The van der Waals surface area contributed by atoms with Gasteiger partial charge in [-0.05, 0) is 30.7 Å². The number of halogens is 1. The van der Waals surface area contributed by atoms with E-state index in [0.717, 1.165) is 29.4 Å². The molecule has 0 radical (unpaired) electrons. The maximum Gasteiger partial charge on any atom is 0.316 e. The number of thioether (sulfide) groups is 1. The van der Waals surface area contributed by atoms with Gasteiger partial charge in [-0.1, -0.05) is 34.7 Å². The maximum atomic E-state index is 12.1. The van der Waals surface area contributed by atoms with E-state index >= 15 is 0 Å². The van der Waals surface area contributed by atoms with Crippen LogP contribution in [0.25, 0.3) is 0 Å². The largest absolute Gasteiger partial charge is 0.468 e. The molecule has 0 spiro atoms. The van der Waals surface area contributed by atoms with Crippen LogP contribution in [0, 0.1) is 0 Å². The van der Waals surface area contributed by atoms with Gasteiger partial charge < -0.3 is 10.1 Å². The molecule has 0 saturated heterocycles. The Morgan fingerprint density at radius 2 is 1.97 bits per heavy atom. The van der Waals surface area contributed by atoms with Gasteiger partial charge in [-0.25, -0.2) is 8.42 Å². The van der Waals surface area contributed by atoms with E-state index in [0.29, 0.717) is 26.6 Å². The van der Waals surface area contributed by atoms with Crippen LogP contribution in [0.4, 0.5) is 10.8 Å². The van der Waals surface area contributed by atoms with Crippen molar-refractivity contribution in [2.24, 2.45) is 0 Å². The highest BCUT2D eigenvalue weighted by Crippen LogP contribution is 2.26. The van der Waals surface area contributed by atoms with E-state index in [1.54, 1.807) is 24.3 Å². The zero-order chi connectivity index (χ0) is 21.4. The SMILES string of the molecule is COC(=O)CSc1nnc(NC(=O)CCCN(c2ccc(Cl)cc2)S(C)(=O)=O)s1. The zero-order valence-electron chi connectivity index (χ0n) is 15.6. The average molecular weight is 479 g/mol. The van der Waals surface area contributed by atoms with Crippen molar-refractivity contribution in [3.63, 3.8) is 0 Å². The van der Waals surface area contributed by atoms with E-state index in [2.05, 4.69) is 20.3 Å². The molecule has 2 rings (SSSR count). The van der Waals surface area contributed by atoms with Gasteiger partial charge in [-0.3, -0.25) is 13.9 Å². The first-order valence-electron chi connectivity index (χ1n) is 8.25. The number of ether oxygens (including phenoxy) is 1. The molecular formula is C16H19ClN4O5S3. The Hall–Kier alpha value is -1.89. The summed E-state index contributed by atoms with van der Waals surface area (Å²) in [7, 11) is -2.20. The van der Waals surface area contributed by atoms with Gasteiger partial charge in [-0.2, -0.15) is 0 Å². The van der Waals surface area contributed by atoms with E-state index in [1.807, 2.05) is 0 Å². The highest BCUT2D eigenvalue weighted by molar-refractivity contribution is 8.01. The second-order valence-electron chi connectivity index (χ2n) is 5.70. The monoisotopic (exact) mass is 478 g/mol. The van der Waals surface area contributed by atoms with Gasteiger partial charge in [0.1, 0.15) is 0 Å². The number of sulfonamides is 1. The molecular weight excluding hydrogens is 460 g/mol. The number of benzene rings is 1. The molecule has 0 atom stereocenters. The molecule has 0 fully saturated rings. The number of anilines is 2. The fourth-order valence-electron chi connectivity index (χ4n) is 2.16. The summed E-state index contributed by atoms with van der Waals surface area (Å²) in [5, 5.41) is 11.1. The standard InChI is InChI=1S/C16H19ClN4O5S3/c1-26-14(23)10-27-16-20-19-15(28-16)18-13(22)4-3-9-21(29(2,24)25)12-7-5-11(17)6-8-12/h5-8H,3-4,9-10H2,1-2H3,(H,18,19,22). The van der Waals surface area contributed by atoms with Crippen LogP contribution < -0.4 is 9.62 Å². The molecule has 0 aliphatic heterocycles. The Morgan fingerprint density at radius 3 is 2.59 bits per heavy atom. The van der Waals surface area contributed by atoms with Crippen LogP contribution in [0.5, 0.6) is 0 Å². The van der Waals surface area contributed by atoms with Crippen molar-refractivity contribution in [3.05, 3.63) is 29.3 Å². The third-order valence-corrected chi connectivity index (χ3v) is 6.87. The molecule has 9 nitrogen and oxygen atoms in total. The Morgan fingerprint density at radius 1 is 1.28 bits per heavy atom. The van der Waals surface area contributed by atoms with Crippen LogP contribution in [0.15, 0.2) is 28.6 Å². The summed E-state index contributed by atoms with van der Waals surface area (Å²) in [5.41, 5.74) is 0.480. The fourth-order valence-corrected chi connectivity index (χ4v) is 4.85. The number of hydrogen-bond donors (Lipinski definition) is 1. The van der Waals surface area contributed by atoms with Crippen LogP contribution in [-0.4, -0.2) is 56.2 Å². The summed E-state index contributed by atoms with van der Waals surface area (Å²) >= 11 is 8.14. The maximum absolute atomic E-state index is 12.1. The van der Waals surface area contributed by atoms with Gasteiger partial charge in [0.05, 0.1) is 24.8 Å². The van der Waals surface area contributed by atoms with Crippen molar-refractivity contribution in [3.8, 4) is 0 Å². The van der Waals surface area contributed by atoms with Crippen LogP contribution in [0.3, 0.4) is 0 Å². The summed E-state index contributed by atoms with van der Waals surface area (Å²) in [4.78, 5) is 23.2. The van der Waals surface area contributed by atoms with Gasteiger partial charge in [0, 0.05) is 18.0 Å². The predicted octanol–water partition coefficient (Wildman–Crippen LogP) is 2.64. The fraction of sp³-hybridized carbons (Fsp3) is 0.375. The summed E-state index contributed by atoms with van der Waals surface area (Å²) in [6.45, 7) is 0.143. The molecule has 1 amide bonds. The molecule has 1 aromatic heterocycles. The smallest absolute Gasteiger partial charge is 0.316 e. The Kier molecular flexibility index (Phi) is 8.68.